The van der Waals surface area contributed by atoms with Gasteiger partial charge in [0.2, 0.25) is 11.8 Å². The smallest absolute Gasteiger partial charge is 0.326 e. The molecule has 2 aromatic rings. The van der Waals surface area contributed by atoms with Gasteiger partial charge >= 0.3 is 5.97 Å². The molecule has 9 nitrogen and oxygen atoms in total. The summed E-state index contributed by atoms with van der Waals surface area (Å²) in [5.74, 6) is -2.26. The van der Waals surface area contributed by atoms with Gasteiger partial charge in [0.05, 0.1) is 12.4 Å². The SMILES string of the molecule is C[C@H](N)C(=O)N[C@@H](Cc1cncn1C)C(=O)N[C@@H](Cc1ccccc1)C(=O)O. The summed E-state index contributed by atoms with van der Waals surface area (Å²) in [4.78, 5) is 40.4. The molecule has 0 spiro atoms. The molecule has 0 unspecified atom stereocenters. The number of carbonyl (C=O) groups is 3. The van der Waals surface area contributed by atoms with Gasteiger partial charge in [-0.1, -0.05) is 30.3 Å². The minimum atomic E-state index is -1.16. The molecule has 0 fully saturated rings. The zero-order valence-electron chi connectivity index (χ0n) is 15.8. The molecule has 0 aliphatic rings. The number of nitrogens with zero attached hydrogens (tertiary/aromatic N) is 2. The maximum absolute atomic E-state index is 12.8. The Balaban J connectivity index is 2.15. The summed E-state index contributed by atoms with van der Waals surface area (Å²) in [5.41, 5.74) is 7.07. The van der Waals surface area contributed by atoms with Gasteiger partial charge in [-0.3, -0.25) is 9.59 Å². The van der Waals surface area contributed by atoms with Crippen LogP contribution in [0.3, 0.4) is 0 Å². The molecule has 0 aliphatic carbocycles. The zero-order valence-corrected chi connectivity index (χ0v) is 15.8. The average Bonchev–Trinajstić information content (AvgIpc) is 3.05. The summed E-state index contributed by atoms with van der Waals surface area (Å²) in [6, 6.07) is 6.07. The van der Waals surface area contributed by atoms with E-state index in [0.29, 0.717) is 5.69 Å². The van der Waals surface area contributed by atoms with Crippen LogP contribution in [-0.2, 0) is 34.3 Å². The van der Waals surface area contributed by atoms with Crippen LogP contribution >= 0.6 is 0 Å². The van der Waals surface area contributed by atoms with E-state index in [2.05, 4.69) is 15.6 Å². The van der Waals surface area contributed by atoms with Crippen LogP contribution in [0.15, 0.2) is 42.9 Å². The van der Waals surface area contributed by atoms with Gasteiger partial charge in [0.25, 0.3) is 0 Å². The molecule has 2 amide bonds. The van der Waals surface area contributed by atoms with Gasteiger partial charge in [-0.2, -0.15) is 0 Å². The lowest BCUT2D eigenvalue weighted by molar-refractivity contribution is -0.142. The van der Waals surface area contributed by atoms with Crippen molar-refractivity contribution in [2.75, 3.05) is 0 Å². The van der Waals surface area contributed by atoms with Gasteiger partial charge in [0.1, 0.15) is 12.1 Å². The number of aromatic nitrogens is 2. The molecular formula is C19H25N5O4. The van der Waals surface area contributed by atoms with Crippen LogP contribution in [0.5, 0.6) is 0 Å². The molecule has 0 radical (unpaired) electrons. The van der Waals surface area contributed by atoms with Crippen molar-refractivity contribution in [3.05, 3.63) is 54.1 Å². The Labute approximate surface area is 162 Å². The molecule has 0 bridgehead atoms. The van der Waals surface area contributed by atoms with Crippen molar-refractivity contribution in [1.29, 1.82) is 0 Å². The molecule has 9 heteroatoms. The Morgan fingerprint density at radius 3 is 2.29 bits per heavy atom. The van der Waals surface area contributed by atoms with Crippen molar-refractivity contribution in [2.24, 2.45) is 12.8 Å². The van der Waals surface area contributed by atoms with E-state index in [1.54, 1.807) is 48.4 Å². The van der Waals surface area contributed by atoms with E-state index < -0.39 is 35.9 Å². The molecule has 1 heterocycles. The minimum Gasteiger partial charge on any atom is -0.480 e. The lowest BCUT2D eigenvalue weighted by Crippen LogP contribution is -2.55. The molecule has 1 aromatic carbocycles. The van der Waals surface area contributed by atoms with Crippen molar-refractivity contribution in [2.45, 2.75) is 37.9 Å². The van der Waals surface area contributed by atoms with E-state index in [1.807, 2.05) is 6.07 Å². The number of carbonyl (C=O) groups excluding carboxylic acids is 2. The number of rotatable bonds is 9. The van der Waals surface area contributed by atoms with Crippen LogP contribution in [0.4, 0.5) is 0 Å². The molecule has 2 rings (SSSR count). The van der Waals surface area contributed by atoms with Crippen molar-refractivity contribution < 1.29 is 19.5 Å². The van der Waals surface area contributed by atoms with Gasteiger partial charge in [-0.25, -0.2) is 9.78 Å². The summed E-state index contributed by atoms with van der Waals surface area (Å²) < 4.78 is 1.72. The highest BCUT2D eigenvalue weighted by molar-refractivity contribution is 5.91. The highest BCUT2D eigenvalue weighted by Gasteiger charge is 2.28. The quantitative estimate of drug-likeness (QED) is 0.462. The Kier molecular flexibility index (Phi) is 7.28. The molecule has 0 saturated carbocycles. The number of hydrogen-bond acceptors (Lipinski definition) is 5. The number of amides is 2. The van der Waals surface area contributed by atoms with Crippen molar-refractivity contribution >= 4 is 17.8 Å². The number of aryl methyl sites for hydroxylation is 1. The largest absolute Gasteiger partial charge is 0.480 e. The fraction of sp³-hybridized carbons (Fsp3) is 0.368. The second-order valence-electron chi connectivity index (χ2n) is 6.64. The van der Waals surface area contributed by atoms with E-state index >= 15 is 0 Å². The van der Waals surface area contributed by atoms with E-state index in [0.717, 1.165) is 5.56 Å². The molecule has 0 saturated heterocycles. The second-order valence-corrected chi connectivity index (χ2v) is 6.64. The summed E-state index contributed by atoms with van der Waals surface area (Å²) in [6.07, 6.45) is 3.43. The summed E-state index contributed by atoms with van der Waals surface area (Å²) in [5, 5.41) is 14.6. The van der Waals surface area contributed by atoms with Crippen LogP contribution in [0, 0.1) is 0 Å². The van der Waals surface area contributed by atoms with Gasteiger partial charge in [0, 0.05) is 31.8 Å². The lowest BCUT2D eigenvalue weighted by Gasteiger charge is -2.22. The molecule has 3 atom stereocenters. The number of nitrogens with two attached hydrogens (primary N) is 1. The number of carboxylic acids is 1. The van der Waals surface area contributed by atoms with E-state index in [1.165, 1.54) is 6.92 Å². The molecular weight excluding hydrogens is 362 g/mol. The van der Waals surface area contributed by atoms with Gasteiger partial charge in [0.15, 0.2) is 0 Å². The molecule has 1 aromatic heterocycles. The normalized spacial score (nSPS) is 14.0. The predicted octanol–water partition coefficient (Wildman–Crippen LogP) is -0.393. The topological polar surface area (TPSA) is 139 Å². The van der Waals surface area contributed by atoms with Crippen LogP contribution < -0.4 is 16.4 Å². The monoisotopic (exact) mass is 387 g/mol. The van der Waals surface area contributed by atoms with Crippen molar-refractivity contribution in [3.8, 4) is 0 Å². The van der Waals surface area contributed by atoms with Gasteiger partial charge < -0.3 is 26.0 Å². The molecule has 0 aliphatic heterocycles. The molecule has 5 N–H and O–H groups in total. The van der Waals surface area contributed by atoms with Crippen LogP contribution in [0.25, 0.3) is 0 Å². The number of nitrogens with one attached hydrogen (secondary N) is 2. The first-order valence-electron chi connectivity index (χ1n) is 8.86. The zero-order chi connectivity index (χ0) is 20.7. The Morgan fingerprint density at radius 2 is 1.75 bits per heavy atom. The summed E-state index contributed by atoms with van der Waals surface area (Å²) >= 11 is 0. The standard InChI is InChI=1S/C19H25N5O4/c1-12(20)17(25)22-15(9-14-10-21-11-24(14)2)18(26)23-16(19(27)28)8-13-6-4-3-5-7-13/h3-7,10-12,15-16H,8-9,20H2,1-2H3,(H,22,25)(H,23,26)(H,27,28)/t12-,15-,16-/m0/s1. The van der Waals surface area contributed by atoms with E-state index in [9.17, 15) is 19.5 Å². The highest BCUT2D eigenvalue weighted by Crippen LogP contribution is 2.06. The second kappa shape index (κ2) is 9.65. The van der Waals surface area contributed by atoms with Crippen molar-refractivity contribution in [3.63, 3.8) is 0 Å². The maximum atomic E-state index is 12.8. The van der Waals surface area contributed by atoms with Gasteiger partial charge in [-0.15, -0.1) is 0 Å². The van der Waals surface area contributed by atoms with Crippen LogP contribution in [0.1, 0.15) is 18.2 Å². The number of carboxylic acid groups (broad SMARTS) is 1. The third kappa shape index (κ3) is 5.92. The molecule has 150 valence electrons. The Bertz CT molecular complexity index is 819. The first-order chi connectivity index (χ1) is 13.3. The van der Waals surface area contributed by atoms with Crippen molar-refractivity contribution in [1.82, 2.24) is 20.2 Å². The number of imidazole rings is 1. The minimum absolute atomic E-state index is 0.127. The predicted molar refractivity (Wildman–Crippen MR) is 102 cm³/mol. The third-order valence-electron chi connectivity index (χ3n) is 4.27. The number of hydrogen-bond donors (Lipinski definition) is 4. The summed E-state index contributed by atoms with van der Waals surface area (Å²) in [6.45, 7) is 1.50. The summed E-state index contributed by atoms with van der Waals surface area (Å²) in [7, 11) is 1.76. The lowest BCUT2D eigenvalue weighted by atomic mass is 10.0. The third-order valence-corrected chi connectivity index (χ3v) is 4.27. The number of benzene rings is 1. The van der Waals surface area contributed by atoms with E-state index in [-0.39, 0.29) is 12.8 Å². The average molecular weight is 387 g/mol. The number of aliphatic carboxylic acids is 1. The van der Waals surface area contributed by atoms with E-state index in [4.69, 9.17) is 5.73 Å². The Morgan fingerprint density at radius 1 is 1.11 bits per heavy atom. The van der Waals surface area contributed by atoms with Crippen LogP contribution in [-0.4, -0.2) is 50.6 Å². The fourth-order valence-corrected chi connectivity index (χ4v) is 2.63. The van der Waals surface area contributed by atoms with Gasteiger partial charge in [-0.05, 0) is 12.5 Å². The Hall–Kier alpha value is -3.20. The first kappa shape index (κ1) is 21.1. The van der Waals surface area contributed by atoms with Crippen LogP contribution in [0.2, 0.25) is 0 Å². The molecule has 28 heavy (non-hydrogen) atoms. The maximum Gasteiger partial charge on any atom is 0.326 e. The highest BCUT2D eigenvalue weighted by atomic mass is 16.4. The first-order valence-corrected chi connectivity index (χ1v) is 8.86. The fourth-order valence-electron chi connectivity index (χ4n) is 2.63.